The Morgan fingerprint density at radius 1 is 1.41 bits per heavy atom. The SMILES string of the molecule is C[C@H]1CO[C@]2([NH+]=C(N)[C@@]3(C#N)[C@@H](C)[C@@]23C#N)O1. The number of nitrogens with two attached hydrogens (primary N) is 1. The van der Waals surface area contributed by atoms with Crippen LogP contribution in [0.4, 0.5) is 0 Å². The maximum atomic E-state index is 9.49. The molecule has 3 rings (SSSR count). The van der Waals surface area contributed by atoms with E-state index in [0.29, 0.717) is 6.61 Å². The van der Waals surface area contributed by atoms with Crippen molar-refractivity contribution in [3.05, 3.63) is 0 Å². The van der Waals surface area contributed by atoms with E-state index in [1.807, 2.05) is 13.8 Å². The molecule has 0 bridgehead atoms. The van der Waals surface area contributed by atoms with E-state index < -0.39 is 16.7 Å². The predicted octanol–water partition coefficient (Wildman–Crippen LogP) is -1.80. The molecule has 2 aliphatic heterocycles. The van der Waals surface area contributed by atoms with Crippen LogP contribution in [0.1, 0.15) is 13.8 Å². The molecule has 6 heteroatoms. The third-order valence-electron chi connectivity index (χ3n) is 4.32. The van der Waals surface area contributed by atoms with Gasteiger partial charge in [-0.25, -0.2) is 4.99 Å². The Hall–Kier alpha value is -1.63. The molecule has 2 fully saturated rings. The molecular weight excluding hydrogens is 220 g/mol. The van der Waals surface area contributed by atoms with Crippen LogP contribution in [0, 0.1) is 39.4 Å². The Bertz CT molecular complexity index is 519. The molecule has 2 heterocycles. The lowest BCUT2D eigenvalue weighted by Crippen LogP contribution is -2.90. The molecule has 0 radical (unpaired) electrons. The minimum Gasteiger partial charge on any atom is -0.311 e. The molecule has 0 unspecified atom stereocenters. The van der Waals surface area contributed by atoms with E-state index in [4.69, 9.17) is 15.2 Å². The number of nitrogens with one attached hydrogen (secondary N) is 1. The molecule has 0 aromatic carbocycles. The summed E-state index contributed by atoms with van der Waals surface area (Å²) < 4.78 is 11.3. The highest BCUT2D eigenvalue weighted by Crippen LogP contribution is 2.74. The summed E-state index contributed by atoms with van der Waals surface area (Å²) in [6.07, 6.45) is -0.122. The van der Waals surface area contributed by atoms with Gasteiger partial charge >= 0.3 is 5.91 Å². The second-order valence-electron chi connectivity index (χ2n) is 4.96. The Morgan fingerprint density at radius 3 is 2.53 bits per heavy atom. The third-order valence-corrected chi connectivity index (χ3v) is 4.32. The molecule has 5 atom stereocenters. The fraction of sp³-hybridized carbons (Fsp3) is 0.727. The normalized spacial score (nSPS) is 54.9. The summed E-state index contributed by atoms with van der Waals surface area (Å²) >= 11 is 0. The molecule has 6 nitrogen and oxygen atoms in total. The van der Waals surface area contributed by atoms with Crippen molar-refractivity contribution in [2.45, 2.75) is 25.9 Å². The van der Waals surface area contributed by atoms with Gasteiger partial charge in [0.2, 0.25) is 0 Å². The van der Waals surface area contributed by atoms with Crippen LogP contribution in [0.15, 0.2) is 0 Å². The summed E-state index contributed by atoms with van der Waals surface area (Å²) in [5.74, 6) is -1.17. The van der Waals surface area contributed by atoms with Crippen molar-refractivity contribution in [2.24, 2.45) is 22.5 Å². The predicted molar refractivity (Wildman–Crippen MR) is 54.6 cm³/mol. The Kier molecular flexibility index (Phi) is 1.62. The highest BCUT2D eigenvalue weighted by atomic mass is 16.8. The molecule has 3 N–H and O–H groups in total. The van der Waals surface area contributed by atoms with Gasteiger partial charge in [0.1, 0.15) is 0 Å². The van der Waals surface area contributed by atoms with Crippen LogP contribution in [0.3, 0.4) is 0 Å². The molecule has 17 heavy (non-hydrogen) atoms. The van der Waals surface area contributed by atoms with E-state index in [1.165, 1.54) is 0 Å². The summed E-state index contributed by atoms with van der Waals surface area (Å²) in [6, 6.07) is 4.37. The number of amidine groups is 1. The van der Waals surface area contributed by atoms with Crippen molar-refractivity contribution >= 4 is 5.84 Å². The average Bonchev–Trinajstić information content (AvgIpc) is 2.54. The molecule has 88 valence electrons. The number of fused-ring (bicyclic) bond motifs is 2. The lowest BCUT2D eigenvalue weighted by Gasteiger charge is -2.23. The maximum Gasteiger partial charge on any atom is 0.343 e. The molecule has 1 saturated heterocycles. The molecule has 1 saturated carbocycles. The third kappa shape index (κ3) is 0.744. The molecule has 3 aliphatic rings. The van der Waals surface area contributed by atoms with Gasteiger partial charge in [0.05, 0.1) is 24.8 Å². The van der Waals surface area contributed by atoms with Gasteiger partial charge in [0.15, 0.2) is 10.8 Å². The monoisotopic (exact) mass is 233 g/mol. The van der Waals surface area contributed by atoms with E-state index in [2.05, 4.69) is 17.1 Å². The minimum absolute atomic E-state index is 0.122. The van der Waals surface area contributed by atoms with Crippen LogP contribution in [-0.2, 0) is 9.47 Å². The Labute approximate surface area is 98.6 Å². The van der Waals surface area contributed by atoms with Crippen molar-refractivity contribution in [1.29, 1.82) is 10.5 Å². The van der Waals surface area contributed by atoms with Gasteiger partial charge in [-0.05, 0) is 6.92 Å². The van der Waals surface area contributed by atoms with E-state index in [-0.39, 0.29) is 17.9 Å². The summed E-state index contributed by atoms with van der Waals surface area (Å²) in [7, 11) is 0. The van der Waals surface area contributed by atoms with Crippen LogP contribution >= 0.6 is 0 Å². The average molecular weight is 233 g/mol. The number of hydrogen-bond donors (Lipinski definition) is 2. The van der Waals surface area contributed by atoms with Gasteiger partial charge < -0.3 is 9.47 Å². The topological polar surface area (TPSA) is 106 Å². The molecular formula is C11H13N4O2+. The highest BCUT2D eigenvalue weighted by Gasteiger charge is 2.96. The molecule has 0 aromatic rings. The van der Waals surface area contributed by atoms with Crippen LogP contribution in [0.25, 0.3) is 0 Å². The summed E-state index contributed by atoms with van der Waals surface area (Å²) in [6.45, 7) is 4.08. The van der Waals surface area contributed by atoms with Crippen molar-refractivity contribution in [2.75, 3.05) is 6.61 Å². The lowest BCUT2D eigenvalue weighted by molar-refractivity contribution is -0.678. The number of hydrogen-bond acceptors (Lipinski definition) is 5. The standard InChI is InChI=1S/C11H12N4O2/c1-6-3-16-11(17-6)10(5-13)7(2)9(10,4-12)8(14)15-11/h6-7H,3H2,1-2H3,(H2,14,15)/p+1/t6-,7+,9+,10+,11-/m0/s1. The first-order valence-electron chi connectivity index (χ1n) is 5.56. The second-order valence-corrected chi connectivity index (χ2v) is 4.96. The van der Waals surface area contributed by atoms with Gasteiger partial charge in [-0.3, -0.25) is 5.73 Å². The molecule has 0 aromatic heterocycles. The summed E-state index contributed by atoms with van der Waals surface area (Å²) in [4.78, 5) is 2.88. The van der Waals surface area contributed by atoms with E-state index in [9.17, 15) is 10.5 Å². The van der Waals surface area contributed by atoms with Gasteiger partial charge in [-0.1, -0.05) is 6.92 Å². The highest BCUT2D eigenvalue weighted by molar-refractivity contribution is 5.93. The first kappa shape index (κ1) is 10.5. The van der Waals surface area contributed by atoms with Crippen molar-refractivity contribution in [3.8, 4) is 12.1 Å². The van der Waals surface area contributed by atoms with Gasteiger partial charge in [0, 0.05) is 5.92 Å². The number of nitriles is 2. The zero-order chi connectivity index (χ0) is 12.5. The number of rotatable bonds is 0. The first-order valence-corrected chi connectivity index (χ1v) is 5.56. The van der Waals surface area contributed by atoms with E-state index >= 15 is 0 Å². The first-order chi connectivity index (χ1) is 8.00. The minimum atomic E-state index is -1.25. The second kappa shape index (κ2) is 2.61. The fourth-order valence-corrected chi connectivity index (χ4v) is 3.39. The van der Waals surface area contributed by atoms with Crippen molar-refractivity contribution in [1.82, 2.24) is 0 Å². The number of nitrogens with zero attached hydrogens (tertiary/aromatic N) is 2. The van der Waals surface area contributed by atoms with Crippen molar-refractivity contribution in [3.63, 3.8) is 0 Å². The maximum absolute atomic E-state index is 9.49. The van der Waals surface area contributed by atoms with Gasteiger partial charge in [-0.2, -0.15) is 10.5 Å². The van der Waals surface area contributed by atoms with Crippen LogP contribution in [0.2, 0.25) is 0 Å². The van der Waals surface area contributed by atoms with Crippen LogP contribution in [-0.4, -0.2) is 24.5 Å². The number of ether oxygens (including phenoxy) is 2. The zero-order valence-corrected chi connectivity index (χ0v) is 9.65. The lowest BCUT2D eigenvalue weighted by atomic mass is 9.94. The smallest absolute Gasteiger partial charge is 0.311 e. The van der Waals surface area contributed by atoms with E-state index in [1.54, 1.807) is 0 Å². The molecule has 0 amide bonds. The summed E-state index contributed by atoms with van der Waals surface area (Å²) in [5, 5.41) is 18.9. The summed E-state index contributed by atoms with van der Waals surface area (Å²) in [5.41, 5.74) is 3.86. The van der Waals surface area contributed by atoms with Crippen LogP contribution in [0.5, 0.6) is 0 Å². The van der Waals surface area contributed by atoms with Gasteiger partial charge in [0.25, 0.3) is 5.84 Å². The zero-order valence-electron chi connectivity index (χ0n) is 9.65. The Balaban J connectivity index is 2.18. The van der Waals surface area contributed by atoms with E-state index in [0.717, 1.165) is 0 Å². The largest absolute Gasteiger partial charge is 0.343 e. The fourth-order valence-electron chi connectivity index (χ4n) is 3.39. The molecule has 1 aliphatic carbocycles. The van der Waals surface area contributed by atoms with Crippen LogP contribution < -0.4 is 10.7 Å². The van der Waals surface area contributed by atoms with Crippen molar-refractivity contribution < 1.29 is 14.5 Å². The van der Waals surface area contributed by atoms with Gasteiger partial charge in [-0.15, -0.1) is 0 Å². The Morgan fingerprint density at radius 2 is 2.12 bits per heavy atom. The quantitative estimate of drug-likeness (QED) is 0.513. The molecule has 1 spiro atoms.